The zero-order valence-electron chi connectivity index (χ0n) is 8.38. The molecule has 0 unspecified atom stereocenters. The van der Waals surface area contributed by atoms with E-state index < -0.39 is 15.9 Å². The van der Waals surface area contributed by atoms with Gasteiger partial charge in [0.1, 0.15) is 0 Å². The van der Waals surface area contributed by atoms with Crippen molar-refractivity contribution in [2.45, 2.75) is 11.4 Å². The highest BCUT2D eigenvalue weighted by molar-refractivity contribution is 7.85. The predicted octanol–water partition coefficient (Wildman–Crippen LogP) is 0.761. The van der Waals surface area contributed by atoms with E-state index in [1.165, 1.54) is 18.2 Å². The molecule has 0 spiro atoms. The zero-order valence-corrected chi connectivity index (χ0v) is 9.20. The maximum absolute atomic E-state index is 11.4. The Morgan fingerprint density at radius 2 is 2.12 bits per heavy atom. The molecule has 5 nitrogen and oxygen atoms in total. The summed E-state index contributed by atoms with van der Waals surface area (Å²) in [5.41, 5.74) is 5.60. The number of nitrogens with two attached hydrogens (primary N) is 1. The van der Waals surface area contributed by atoms with E-state index in [2.05, 4.69) is 6.58 Å². The summed E-state index contributed by atoms with van der Waals surface area (Å²) < 4.78 is 31.0. The van der Waals surface area contributed by atoms with Crippen LogP contribution in [-0.2, 0) is 16.7 Å². The largest absolute Gasteiger partial charge is 0.326 e. The molecule has 0 heterocycles. The normalized spacial score (nSPS) is 11.1. The Morgan fingerprint density at radius 1 is 1.50 bits per heavy atom. The molecule has 0 aromatic heterocycles. The number of benzene rings is 1. The lowest BCUT2D eigenvalue weighted by molar-refractivity contribution is 0.104. The SMILES string of the molecule is C=CC(=O)c1cccc(S(=O)(=O)O)c1CN. The minimum Gasteiger partial charge on any atom is -0.326 e. The summed E-state index contributed by atoms with van der Waals surface area (Å²) in [7, 11) is -4.38. The Kier molecular flexibility index (Phi) is 3.58. The van der Waals surface area contributed by atoms with Crippen LogP contribution in [0.5, 0.6) is 0 Å². The first-order valence-electron chi connectivity index (χ1n) is 4.38. The van der Waals surface area contributed by atoms with Gasteiger partial charge in [0.25, 0.3) is 10.1 Å². The number of carbonyl (C=O) groups excluding carboxylic acids is 1. The molecule has 0 aliphatic rings. The molecule has 0 saturated heterocycles. The maximum atomic E-state index is 11.4. The molecule has 86 valence electrons. The molecule has 3 N–H and O–H groups in total. The van der Waals surface area contributed by atoms with Gasteiger partial charge in [-0.2, -0.15) is 8.42 Å². The van der Waals surface area contributed by atoms with Crippen molar-refractivity contribution >= 4 is 15.9 Å². The minimum atomic E-state index is -4.38. The monoisotopic (exact) mass is 241 g/mol. The topological polar surface area (TPSA) is 97.5 Å². The van der Waals surface area contributed by atoms with Crippen LogP contribution in [0.25, 0.3) is 0 Å². The van der Waals surface area contributed by atoms with Crippen LogP contribution in [-0.4, -0.2) is 18.8 Å². The van der Waals surface area contributed by atoms with Gasteiger partial charge >= 0.3 is 0 Å². The summed E-state index contributed by atoms with van der Waals surface area (Å²) in [6, 6.07) is 3.98. The van der Waals surface area contributed by atoms with E-state index in [0.29, 0.717) is 0 Å². The summed E-state index contributed by atoms with van der Waals surface area (Å²) in [5.74, 6) is -0.439. The highest BCUT2D eigenvalue weighted by Gasteiger charge is 2.19. The number of ketones is 1. The van der Waals surface area contributed by atoms with Crippen LogP contribution in [0.2, 0.25) is 0 Å². The molecular formula is C10H11NO4S. The first-order valence-corrected chi connectivity index (χ1v) is 5.82. The lowest BCUT2D eigenvalue weighted by Gasteiger charge is -2.08. The highest BCUT2D eigenvalue weighted by atomic mass is 32.2. The molecule has 1 rings (SSSR count). The Balaban J connectivity index is 3.56. The Bertz CT molecular complexity index is 534. The van der Waals surface area contributed by atoms with Gasteiger partial charge in [-0.1, -0.05) is 18.7 Å². The van der Waals surface area contributed by atoms with E-state index in [-0.39, 0.29) is 22.6 Å². The van der Waals surface area contributed by atoms with Gasteiger partial charge in [0.2, 0.25) is 0 Å². The van der Waals surface area contributed by atoms with E-state index in [9.17, 15) is 13.2 Å². The molecular weight excluding hydrogens is 230 g/mol. The van der Waals surface area contributed by atoms with Crippen LogP contribution < -0.4 is 5.73 Å². The van der Waals surface area contributed by atoms with Gasteiger partial charge in [-0.25, -0.2) is 0 Å². The fourth-order valence-corrected chi connectivity index (χ4v) is 2.11. The van der Waals surface area contributed by atoms with E-state index in [1.807, 2.05) is 0 Å². The van der Waals surface area contributed by atoms with E-state index in [1.54, 1.807) is 0 Å². The first-order chi connectivity index (χ1) is 7.41. The van der Waals surface area contributed by atoms with Gasteiger partial charge in [0.15, 0.2) is 5.78 Å². The fourth-order valence-electron chi connectivity index (χ4n) is 1.36. The Hall–Kier alpha value is -1.50. The second-order valence-electron chi connectivity index (χ2n) is 3.03. The van der Waals surface area contributed by atoms with E-state index in [0.717, 1.165) is 6.08 Å². The van der Waals surface area contributed by atoms with Crippen LogP contribution in [0.1, 0.15) is 15.9 Å². The lowest BCUT2D eigenvalue weighted by Crippen LogP contribution is -2.12. The van der Waals surface area contributed by atoms with Crippen molar-refractivity contribution < 1.29 is 17.8 Å². The Labute approximate surface area is 93.3 Å². The lowest BCUT2D eigenvalue weighted by atomic mass is 10.0. The average Bonchev–Trinajstić information content (AvgIpc) is 2.25. The number of hydrogen-bond donors (Lipinski definition) is 2. The molecule has 6 heteroatoms. The molecule has 0 amide bonds. The quantitative estimate of drug-likeness (QED) is 0.461. The molecule has 1 aromatic carbocycles. The molecule has 0 atom stereocenters. The van der Waals surface area contributed by atoms with Crippen LogP contribution in [0, 0.1) is 0 Å². The van der Waals surface area contributed by atoms with Gasteiger partial charge in [-0.05, 0) is 17.7 Å². The molecule has 0 fully saturated rings. The first kappa shape index (κ1) is 12.6. The molecule has 0 radical (unpaired) electrons. The molecule has 1 aromatic rings. The van der Waals surface area contributed by atoms with Crippen molar-refractivity contribution in [2.75, 3.05) is 0 Å². The predicted molar refractivity (Wildman–Crippen MR) is 58.7 cm³/mol. The van der Waals surface area contributed by atoms with E-state index in [4.69, 9.17) is 10.3 Å². The van der Waals surface area contributed by atoms with E-state index >= 15 is 0 Å². The summed E-state index contributed by atoms with van der Waals surface area (Å²) in [6.07, 6.45) is 1.06. The van der Waals surface area contributed by atoms with Crippen molar-refractivity contribution in [3.05, 3.63) is 42.0 Å². The molecule has 0 aliphatic carbocycles. The summed E-state index contributed by atoms with van der Waals surface area (Å²) >= 11 is 0. The van der Waals surface area contributed by atoms with Crippen molar-refractivity contribution in [3.8, 4) is 0 Å². The van der Waals surface area contributed by atoms with Crippen LogP contribution in [0.15, 0.2) is 35.7 Å². The second kappa shape index (κ2) is 4.56. The van der Waals surface area contributed by atoms with Gasteiger partial charge in [-0.15, -0.1) is 0 Å². The zero-order chi connectivity index (χ0) is 12.3. The van der Waals surface area contributed by atoms with Crippen LogP contribution in [0.4, 0.5) is 0 Å². The van der Waals surface area contributed by atoms with Crippen molar-refractivity contribution in [2.24, 2.45) is 5.73 Å². The fraction of sp³-hybridized carbons (Fsp3) is 0.100. The molecule has 0 aliphatic heterocycles. The van der Waals surface area contributed by atoms with Gasteiger partial charge in [0, 0.05) is 12.1 Å². The van der Waals surface area contributed by atoms with Crippen molar-refractivity contribution in [1.82, 2.24) is 0 Å². The minimum absolute atomic E-state index is 0.0925. The number of hydrogen-bond acceptors (Lipinski definition) is 4. The highest BCUT2D eigenvalue weighted by Crippen LogP contribution is 2.20. The van der Waals surface area contributed by atoms with Gasteiger partial charge < -0.3 is 5.73 Å². The second-order valence-corrected chi connectivity index (χ2v) is 4.42. The van der Waals surface area contributed by atoms with Gasteiger partial charge in [0.05, 0.1) is 4.90 Å². The summed E-state index contributed by atoms with van der Waals surface area (Å²) in [4.78, 5) is 11.1. The molecule has 0 saturated carbocycles. The number of allylic oxidation sites excluding steroid dienone is 1. The maximum Gasteiger partial charge on any atom is 0.294 e. The average molecular weight is 241 g/mol. The third kappa shape index (κ3) is 2.35. The molecule has 0 bridgehead atoms. The summed E-state index contributed by atoms with van der Waals surface area (Å²) in [5, 5.41) is 0. The van der Waals surface area contributed by atoms with Crippen LogP contribution in [0.3, 0.4) is 0 Å². The third-order valence-electron chi connectivity index (χ3n) is 2.07. The third-order valence-corrected chi connectivity index (χ3v) is 3.00. The number of rotatable bonds is 4. The standard InChI is InChI=1S/C10H11NO4S/c1-2-9(12)7-4-3-5-10(8(7)6-11)16(13,14)15/h2-5H,1,6,11H2,(H,13,14,15). The van der Waals surface area contributed by atoms with Crippen LogP contribution >= 0.6 is 0 Å². The smallest absolute Gasteiger partial charge is 0.294 e. The molecule has 16 heavy (non-hydrogen) atoms. The van der Waals surface area contributed by atoms with Crippen molar-refractivity contribution in [1.29, 1.82) is 0 Å². The van der Waals surface area contributed by atoms with Gasteiger partial charge in [-0.3, -0.25) is 9.35 Å². The Morgan fingerprint density at radius 3 is 2.56 bits per heavy atom. The van der Waals surface area contributed by atoms with Crippen molar-refractivity contribution in [3.63, 3.8) is 0 Å². The summed E-state index contributed by atoms with van der Waals surface area (Å²) in [6.45, 7) is 3.14. The number of carbonyl (C=O) groups is 1.